The average molecular weight is 471 g/mol. The summed E-state index contributed by atoms with van der Waals surface area (Å²) in [5.41, 5.74) is 6.40. The molecule has 2 heterocycles. The van der Waals surface area contributed by atoms with E-state index in [9.17, 15) is 23.5 Å². The van der Waals surface area contributed by atoms with Crippen LogP contribution in [0.5, 0.6) is 11.5 Å². The maximum atomic E-state index is 13.0. The molecule has 0 radical (unpaired) electrons. The fourth-order valence-electron chi connectivity index (χ4n) is 3.43. The Morgan fingerprint density at radius 1 is 1.24 bits per heavy atom. The van der Waals surface area contributed by atoms with Crippen molar-refractivity contribution in [3.05, 3.63) is 93.6 Å². The van der Waals surface area contributed by atoms with Crippen LogP contribution < -0.4 is 10.5 Å². The van der Waals surface area contributed by atoms with Gasteiger partial charge < -0.3 is 15.6 Å². The summed E-state index contributed by atoms with van der Waals surface area (Å²) in [5, 5.41) is 20.1. The van der Waals surface area contributed by atoms with Gasteiger partial charge in [0, 0.05) is 35.8 Å². The molecule has 0 spiro atoms. The van der Waals surface area contributed by atoms with Crippen LogP contribution in [0.3, 0.4) is 0 Å². The van der Waals surface area contributed by atoms with E-state index in [0.29, 0.717) is 11.1 Å². The summed E-state index contributed by atoms with van der Waals surface area (Å²) in [6.07, 6.45) is -0.216. The number of nitriles is 1. The molecule has 1 unspecified atom stereocenters. The van der Waals surface area contributed by atoms with Crippen LogP contribution in [-0.2, 0) is 6.18 Å². The number of alkyl halides is 3. The zero-order valence-corrected chi connectivity index (χ0v) is 17.4. The Morgan fingerprint density at radius 2 is 2.03 bits per heavy atom. The van der Waals surface area contributed by atoms with Crippen LogP contribution in [0, 0.1) is 11.3 Å². The molecule has 1 aromatic heterocycles. The molecule has 10 heteroatoms. The molecule has 166 valence electrons. The lowest BCUT2D eigenvalue weighted by atomic mass is 9.83. The van der Waals surface area contributed by atoms with Gasteiger partial charge in [-0.1, -0.05) is 17.7 Å². The summed E-state index contributed by atoms with van der Waals surface area (Å²) in [6.45, 7) is 0. The average Bonchev–Trinajstić information content (AvgIpc) is 2.77. The summed E-state index contributed by atoms with van der Waals surface area (Å²) >= 11 is 6.00. The van der Waals surface area contributed by atoms with Gasteiger partial charge in [-0.05, 0) is 35.9 Å². The zero-order valence-electron chi connectivity index (χ0n) is 16.6. The second-order valence-corrected chi connectivity index (χ2v) is 7.49. The predicted molar refractivity (Wildman–Crippen MR) is 115 cm³/mol. The molecule has 4 rings (SSSR count). The van der Waals surface area contributed by atoms with Crippen molar-refractivity contribution in [2.45, 2.75) is 12.1 Å². The van der Waals surface area contributed by atoms with Gasteiger partial charge in [0.15, 0.2) is 0 Å². The molecule has 0 saturated heterocycles. The summed E-state index contributed by atoms with van der Waals surface area (Å²) in [5.74, 6) is -0.751. The maximum absolute atomic E-state index is 13.0. The summed E-state index contributed by atoms with van der Waals surface area (Å²) < 4.78 is 44.6. The molecule has 6 nitrogen and oxygen atoms in total. The van der Waals surface area contributed by atoms with Gasteiger partial charge >= 0.3 is 6.18 Å². The van der Waals surface area contributed by atoms with Crippen LogP contribution in [0.2, 0.25) is 5.02 Å². The monoisotopic (exact) mass is 470 g/mol. The maximum Gasteiger partial charge on any atom is 0.416 e. The highest BCUT2D eigenvalue weighted by molar-refractivity contribution is 6.33. The first-order valence-electron chi connectivity index (χ1n) is 9.44. The van der Waals surface area contributed by atoms with Crippen molar-refractivity contribution in [2.24, 2.45) is 10.7 Å². The number of phenolic OH excluding ortho intramolecular Hbond substituents is 1. The van der Waals surface area contributed by atoms with Gasteiger partial charge in [0.1, 0.15) is 23.1 Å². The topological polar surface area (TPSA) is 105 Å². The fraction of sp³-hybridized carbons (Fsp3) is 0.0870. The normalized spacial score (nSPS) is 15.8. The third-order valence-electron chi connectivity index (χ3n) is 5.00. The van der Waals surface area contributed by atoms with Crippen molar-refractivity contribution in [3.63, 3.8) is 0 Å². The van der Waals surface area contributed by atoms with Crippen LogP contribution >= 0.6 is 11.6 Å². The third kappa shape index (κ3) is 4.33. The molecule has 0 saturated carbocycles. The number of halogens is 4. The van der Waals surface area contributed by atoms with Gasteiger partial charge in [-0.2, -0.15) is 18.4 Å². The molecule has 1 aliphatic rings. The van der Waals surface area contributed by atoms with Gasteiger partial charge in [-0.15, -0.1) is 0 Å². The van der Waals surface area contributed by atoms with Crippen molar-refractivity contribution in [2.75, 3.05) is 0 Å². The number of benzene rings is 2. The van der Waals surface area contributed by atoms with E-state index in [2.05, 4.69) is 9.98 Å². The summed E-state index contributed by atoms with van der Waals surface area (Å²) in [6, 6.07) is 11.1. The number of pyridine rings is 1. The van der Waals surface area contributed by atoms with Gasteiger partial charge in [0.2, 0.25) is 5.88 Å². The Morgan fingerprint density at radius 3 is 2.70 bits per heavy atom. The summed E-state index contributed by atoms with van der Waals surface area (Å²) in [7, 11) is 0. The molecule has 0 aliphatic carbocycles. The number of rotatable bonds is 3. The Bertz CT molecular complexity index is 1330. The standard InChI is InChI=1S/C23H14ClF3N4O2/c24-17-4-3-14(23(25,26)27)7-18(17)31-11-13-6-15-20(8-19(13)32)33-22(29)16(9-28)21(15)12-2-1-5-30-10-12/h1-8,10-11,21,32H,29H2. The third-order valence-corrected chi connectivity index (χ3v) is 5.32. The van der Waals surface area contributed by atoms with Crippen molar-refractivity contribution in [3.8, 4) is 17.6 Å². The Balaban J connectivity index is 1.80. The SMILES string of the molecule is N#CC1=C(N)Oc2cc(O)c(C=Nc3cc(C(F)(F)F)ccc3Cl)cc2C1c1cccnc1. The Kier molecular flexibility index (Phi) is 5.70. The lowest BCUT2D eigenvalue weighted by Crippen LogP contribution is -2.21. The lowest BCUT2D eigenvalue weighted by Gasteiger charge is -2.26. The second-order valence-electron chi connectivity index (χ2n) is 7.08. The van der Waals surface area contributed by atoms with Crippen LogP contribution in [0.15, 0.2) is 71.3 Å². The van der Waals surface area contributed by atoms with Crippen molar-refractivity contribution >= 4 is 23.5 Å². The molecule has 0 amide bonds. The van der Waals surface area contributed by atoms with Crippen molar-refractivity contribution < 1.29 is 23.0 Å². The number of aromatic hydroxyl groups is 1. The fourth-order valence-corrected chi connectivity index (χ4v) is 3.60. The molecule has 33 heavy (non-hydrogen) atoms. The zero-order chi connectivity index (χ0) is 23.8. The van der Waals surface area contributed by atoms with Crippen molar-refractivity contribution in [1.82, 2.24) is 4.98 Å². The first kappa shape index (κ1) is 22.2. The molecular formula is C23H14ClF3N4O2. The van der Waals surface area contributed by atoms with Gasteiger partial charge in [-0.3, -0.25) is 9.98 Å². The predicted octanol–water partition coefficient (Wildman–Crippen LogP) is 5.43. The number of nitrogens with zero attached hydrogens (tertiary/aromatic N) is 3. The minimum absolute atomic E-state index is 0.00995. The highest BCUT2D eigenvalue weighted by Gasteiger charge is 2.32. The number of hydrogen-bond acceptors (Lipinski definition) is 6. The van der Waals surface area contributed by atoms with E-state index in [1.807, 2.05) is 6.07 Å². The number of ether oxygens (including phenoxy) is 1. The van der Waals surface area contributed by atoms with Crippen LogP contribution in [0.1, 0.15) is 28.2 Å². The van der Waals surface area contributed by atoms with Crippen LogP contribution in [0.4, 0.5) is 18.9 Å². The molecule has 3 N–H and O–H groups in total. The van der Waals surface area contributed by atoms with E-state index in [1.54, 1.807) is 24.5 Å². The smallest absolute Gasteiger partial charge is 0.416 e. The number of hydrogen-bond donors (Lipinski definition) is 2. The van der Waals surface area contributed by atoms with E-state index in [-0.39, 0.29) is 39.2 Å². The van der Waals surface area contributed by atoms with Gasteiger partial charge in [0.05, 0.1) is 22.2 Å². The molecule has 3 aromatic rings. The number of aromatic nitrogens is 1. The van der Waals surface area contributed by atoms with Crippen LogP contribution in [-0.4, -0.2) is 16.3 Å². The lowest BCUT2D eigenvalue weighted by molar-refractivity contribution is -0.137. The van der Waals surface area contributed by atoms with Crippen LogP contribution in [0.25, 0.3) is 0 Å². The molecule has 2 aromatic carbocycles. The first-order chi connectivity index (χ1) is 15.7. The Labute approximate surface area is 191 Å². The first-order valence-corrected chi connectivity index (χ1v) is 9.82. The quantitative estimate of drug-likeness (QED) is 0.497. The highest BCUT2D eigenvalue weighted by Crippen LogP contribution is 2.44. The Hall–Kier alpha value is -4.03. The number of allylic oxidation sites excluding steroid dienone is 1. The van der Waals surface area contributed by atoms with E-state index < -0.39 is 17.7 Å². The second kappa shape index (κ2) is 8.48. The largest absolute Gasteiger partial charge is 0.507 e. The van der Waals surface area contributed by atoms with E-state index in [0.717, 1.165) is 18.2 Å². The minimum atomic E-state index is -4.56. The van der Waals surface area contributed by atoms with Gasteiger partial charge in [0.25, 0.3) is 0 Å². The number of nitrogens with two attached hydrogens (primary N) is 1. The number of phenols is 1. The van der Waals surface area contributed by atoms with E-state index in [1.165, 1.54) is 18.3 Å². The highest BCUT2D eigenvalue weighted by atomic mass is 35.5. The summed E-state index contributed by atoms with van der Waals surface area (Å²) in [4.78, 5) is 8.12. The molecule has 1 atom stereocenters. The molecule has 0 fully saturated rings. The molecule has 1 aliphatic heterocycles. The number of aliphatic imine (C=N–C) groups is 1. The molecule has 0 bridgehead atoms. The van der Waals surface area contributed by atoms with Gasteiger partial charge in [-0.25, -0.2) is 0 Å². The van der Waals surface area contributed by atoms with E-state index >= 15 is 0 Å². The van der Waals surface area contributed by atoms with Crippen molar-refractivity contribution in [1.29, 1.82) is 5.26 Å². The minimum Gasteiger partial charge on any atom is -0.507 e. The molecular weight excluding hydrogens is 457 g/mol. The number of fused-ring (bicyclic) bond motifs is 1. The van der Waals surface area contributed by atoms with E-state index in [4.69, 9.17) is 22.1 Å².